The molecule has 1 aromatic heterocycles. The van der Waals surface area contributed by atoms with E-state index in [4.69, 9.17) is 0 Å². The van der Waals surface area contributed by atoms with E-state index in [-0.39, 0.29) is 18.3 Å². The Morgan fingerprint density at radius 2 is 2.44 bits per heavy atom. The highest BCUT2D eigenvalue weighted by molar-refractivity contribution is 5.77. The van der Waals surface area contributed by atoms with Crippen LogP contribution in [0.25, 0.3) is 0 Å². The predicted octanol–water partition coefficient (Wildman–Crippen LogP) is 1.32. The fourth-order valence-corrected chi connectivity index (χ4v) is 1.91. The molecule has 0 unspecified atom stereocenters. The maximum Gasteiger partial charge on any atom is 0.381 e. The summed E-state index contributed by atoms with van der Waals surface area (Å²) in [4.78, 5) is 27.0. The SMILES string of the molecule is CN(C(=O)Cn1cnc([N+](=O)[O-])c1)C1=CCCC1. The minimum absolute atomic E-state index is 0.0642. The molecule has 1 aliphatic carbocycles. The summed E-state index contributed by atoms with van der Waals surface area (Å²) in [5, 5.41) is 10.5. The summed E-state index contributed by atoms with van der Waals surface area (Å²) in [5.74, 6) is -0.346. The highest BCUT2D eigenvalue weighted by Gasteiger charge is 2.18. The van der Waals surface area contributed by atoms with E-state index in [0.29, 0.717) is 0 Å². The fraction of sp³-hybridized carbons (Fsp3) is 0.455. The van der Waals surface area contributed by atoms with Crippen molar-refractivity contribution in [2.45, 2.75) is 25.8 Å². The monoisotopic (exact) mass is 250 g/mol. The molecule has 7 nitrogen and oxygen atoms in total. The molecule has 0 spiro atoms. The third kappa shape index (κ3) is 2.55. The Kier molecular flexibility index (Phi) is 3.40. The van der Waals surface area contributed by atoms with Crippen molar-refractivity contribution in [3.8, 4) is 0 Å². The molecular formula is C11H14N4O3. The van der Waals surface area contributed by atoms with Gasteiger partial charge in [-0.15, -0.1) is 0 Å². The van der Waals surface area contributed by atoms with Gasteiger partial charge in [-0.2, -0.15) is 0 Å². The highest BCUT2D eigenvalue weighted by atomic mass is 16.6. The molecule has 0 saturated carbocycles. The van der Waals surface area contributed by atoms with Crippen LogP contribution in [0.2, 0.25) is 0 Å². The van der Waals surface area contributed by atoms with E-state index in [1.165, 1.54) is 17.1 Å². The van der Waals surface area contributed by atoms with Crippen molar-refractivity contribution >= 4 is 11.7 Å². The first kappa shape index (κ1) is 12.3. The molecular weight excluding hydrogens is 236 g/mol. The second-order valence-electron chi connectivity index (χ2n) is 4.20. The Morgan fingerprint density at radius 1 is 1.67 bits per heavy atom. The standard InChI is InChI=1S/C11H14N4O3/c1-13(9-4-2-3-5-9)11(16)7-14-6-10(12-8-14)15(17)18/h4,6,8H,2-3,5,7H2,1H3. The van der Waals surface area contributed by atoms with E-state index >= 15 is 0 Å². The number of amides is 1. The van der Waals surface area contributed by atoms with Crippen LogP contribution in [0.4, 0.5) is 5.82 Å². The third-order valence-electron chi connectivity index (χ3n) is 2.95. The van der Waals surface area contributed by atoms with Crippen LogP contribution in [-0.2, 0) is 11.3 Å². The number of nitrogens with zero attached hydrogens (tertiary/aromatic N) is 4. The average molecular weight is 250 g/mol. The van der Waals surface area contributed by atoms with Gasteiger partial charge in [0.15, 0.2) is 0 Å². The number of imidazole rings is 1. The minimum Gasteiger partial charge on any atom is -0.358 e. The van der Waals surface area contributed by atoms with Crippen LogP contribution in [0.15, 0.2) is 24.3 Å². The largest absolute Gasteiger partial charge is 0.381 e. The molecule has 1 amide bonds. The maximum absolute atomic E-state index is 11.9. The topological polar surface area (TPSA) is 81.3 Å². The molecule has 0 aromatic carbocycles. The van der Waals surface area contributed by atoms with Gasteiger partial charge in [-0.25, -0.2) is 0 Å². The van der Waals surface area contributed by atoms with E-state index in [9.17, 15) is 14.9 Å². The molecule has 0 aliphatic heterocycles. The summed E-state index contributed by atoms with van der Waals surface area (Å²) in [5.41, 5.74) is 1.02. The number of hydrogen-bond donors (Lipinski definition) is 0. The van der Waals surface area contributed by atoms with Crippen LogP contribution >= 0.6 is 0 Å². The van der Waals surface area contributed by atoms with Crippen molar-refractivity contribution in [2.24, 2.45) is 0 Å². The second kappa shape index (κ2) is 4.99. The minimum atomic E-state index is -0.579. The van der Waals surface area contributed by atoms with Crippen LogP contribution in [0, 0.1) is 10.1 Å². The molecule has 1 aromatic rings. The summed E-state index contributed by atoms with van der Waals surface area (Å²) >= 11 is 0. The smallest absolute Gasteiger partial charge is 0.358 e. The van der Waals surface area contributed by atoms with Gasteiger partial charge < -0.3 is 19.6 Å². The molecule has 0 fully saturated rings. The lowest BCUT2D eigenvalue weighted by Crippen LogP contribution is -2.28. The first-order valence-corrected chi connectivity index (χ1v) is 5.69. The van der Waals surface area contributed by atoms with Crippen molar-refractivity contribution in [1.29, 1.82) is 0 Å². The van der Waals surface area contributed by atoms with E-state index < -0.39 is 4.92 Å². The predicted molar refractivity (Wildman–Crippen MR) is 63.6 cm³/mol. The van der Waals surface area contributed by atoms with Crippen molar-refractivity contribution < 1.29 is 9.72 Å². The number of rotatable bonds is 4. The number of allylic oxidation sites excluding steroid dienone is 2. The van der Waals surface area contributed by atoms with Crippen LogP contribution in [-0.4, -0.2) is 32.3 Å². The van der Waals surface area contributed by atoms with Crippen molar-refractivity contribution in [1.82, 2.24) is 14.5 Å². The van der Waals surface area contributed by atoms with Gasteiger partial charge in [0.25, 0.3) is 0 Å². The molecule has 7 heteroatoms. The van der Waals surface area contributed by atoms with Gasteiger partial charge in [0.1, 0.15) is 12.7 Å². The van der Waals surface area contributed by atoms with Gasteiger partial charge in [-0.1, -0.05) is 6.08 Å². The molecule has 0 bridgehead atoms. The Labute approximate surface area is 104 Å². The van der Waals surface area contributed by atoms with Gasteiger partial charge >= 0.3 is 5.82 Å². The molecule has 0 atom stereocenters. The number of aromatic nitrogens is 2. The summed E-state index contributed by atoms with van der Waals surface area (Å²) in [6, 6.07) is 0. The Bertz CT molecular complexity index is 506. The number of likely N-dealkylation sites (N-methyl/N-ethyl adjacent to an activating group) is 1. The lowest BCUT2D eigenvalue weighted by molar-refractivity contribution is -0.389. The van der Waals surface area contributed by atoms with Crippen LogP contribution in [0.1, 0.15) is 19.3 Å². The first-order chi connectivity index (χ1) is 8.58. The van der Waals surface area contributed by atoms with Gasteiger partial charge in [0, 0.05) is 12.7 Å². The zero-order valence-corrected chi connectivity index (χ0v) is 10.1. The van der Waals surface area contributed by atoms with Crippen molar-refractivity contribution in [2.75, 3.05) is 7.05 Å². The Hall–Kier alpha value is -2.18. The quantitative estimate of drug-likeness (QED) is 0.596. The summed E-state index contributed by atoms with van der Waals surface area (Å²) in [7, 11) is 1.73. The van der Waals surface area contributed by atoms with Gasteiger partial charge in [0.2, 0.25) is 12.2 Å². The van der Waals surface area contributed by atoms with Gasteiger partial charge in [-0.05, 0) is 29.2 Å². The number of carbonyl (C=O) groups excluding carboxylic acids is 1. The molecule has 0 saturated heterocycles. The van der Waals surface area contributed by atoms with E-state index in [1.54, 1.807) is 11.9 Å². The maximum atomic E-state index is 11.9. The normalized spacial score (nSPS) is 14.4. The Morgan fingerprint density at radius 3 is 3.00 bits per heavy atom. The van der Waals surface area contributed by atoms with Crippen LogP contribution in [0.5, 0.6) is 0 Å². The molecule has 18 heavy (non-hydrogen) atoms. The zero-order chi connectivity index (χ0) is 13.1. The summed E-state index contributed by atoms with van der Waals surface area (Å²) in [6.07, 6.45) is 7.59. The lowest BCUT2D eigenvalue weighted by Gasteiger charge is -2.18. The van der Waals surface area contributed by atoms with Gasteiger partial charge in [-0.3, -0.25) is 4.79 Å². The molecule has 96 valence electrons. The van der Waals surface area contributed by atoms with Crippen molar-refractivity contribution in [3.05, 3.63) is 34.4 Å². The summed E-state index contributed by atoms with van der Waals surface area (Å²) in [6.45, 7) is 0.0642. The Balaban J connectivity index is 1.99. The van der Waals surface area contributed by atoms with Gasteiger partial charge in [0.05, 0.1) is 0 Å². The number of hydrogen-bond acceptors (Lipinski definition) is 4. The average Bonchev–Trinajstić information content (AvgIpc) is 2.98. The van der Waals surface area contributed by atoms with Crippen LogP contribution < -0.4 is 0 Å². The van der Waals surface area contributed by atoms with E-state index in [2.05, 4.69) is 4.98 Å². The lowest BCUT2D eigenvalue weighted by atomic mass is 10.3. The zero-order valence-electron chi connectivity index (χ0n) is 10.1. The molecule has 0 radical (unpaired) electrons. The third-order valence-corrected chi connectivity index (χ3v) is 2.95. The van der Waals surface area contributed by atoms with Crippen molar-refractivity contribution in [3.63, 3.8) is 0 Å². The molecule has 1 heterocycles. The highest BCUT2D eigenvalue weighted by Crippen LogP contribution is 2.20. The van der Waals surface area contributed by atoms with E-state index in [0.717, 1.165) is 25.0 Å². The first-order valence-electron chi connectivity index (χ1n) is 5.69. The second-order valence-corrected chi connectivity index (χ2v) is 4.20. The molecule has 1 aliphatic rings. The molecule has 2 rings (SSSR count). The van der Waals surface area contributed by atoms with E-state index in [1.807, 2.05) is 6.08 Å². The number of nitro groups is 1. The number of carbonyl (C=O) groups is 1. The summed E-state index contributed by atoms with van der Waals surface area (Å²) < 4.78 is 1.42. The molecule has 0 N–H and O–H groups in total. The van der Waals surface area contributed by atoms with Crippen LogP contribution in [0.3, 0.4) is 0 Å². The fourth-order valence-electron chi connectivity index (χ4n) is 1.91.